The van der Waals surface area contributed by atoms with Gasteiger partial charge in [0.1, 0.15) is 11.3 Å². The molecule has 30 heavy (non-hydrogen) atoms. The number of pyridine rings is 1. The van der Waals surface area contributed by atoms with Crippen LogP contribution in [0.3, 0.4) is 0 Å². The summed E-state index contributed by atoms with van der Waals surface area (Å²) in [6, 6.07) is 9.62. The fraction of sp³-hybridized carbons (Fsp3) is 0.409. The zero-order chi connectivity index (χ0) is 20.8. The van der Waals surface area contributed by atoms with Crippen molar-refractivity contribution in [2.75, 3.05) is 46.5 Å². The van der Waals surface area contributed by atoms with Gasteiger partial charge in [-0.15, -0.1) is 0 Å². The Morgan fingerprint density at radius 2 is 1.97 bits per heavy atom. The maximum Gasteiger partial charge on any atom is 0.272 e. The van der Waals surface area contributed by atoms with E-state index < -0.39 is 0 Å². The van der Waals surface area contributed by atoms with E-state index in [2.05, 4.69) is 20.3 Å². The average molecular weight is 409 g/mol. The van der Waals surface area contributed by atoms with Crippen LogP contribution in [0.1, 0.15) is 16.1 Å². The van der Waals surface area contributed by atoms with E-state index in [9.17, 15) is 4.79 Å². The van der Waals surface area contributed by atoms with Gasteiger partial charge in [0, 0.05) is 44.0 Å². The number of hydrogen-bond acceptors (Lipinski definition) is 6. The predicted octanol–water partition coefficient (Wildman–Crippen LogP) is 1.74. The molecule has 8 heteroatoms. The maximum absolute atomic E-state index is 12.9. The molecule has 1 amide bonds. The molecule has 1 aliphatic heterocycles. The second-order valence-electron chi connectivity index (χ2n) is 7.24. The first kappa shape index (κ1) is 20.3. The Labute approximate surface area is 175 Å². The number of ether oxygens (including phenoxy) is 2. The van der Waals surface area contributed by atoms with Crippen LogP contribution in [0, 0.1) is 0 Å². The molecule has 0 bridgehead atoms. The largest absolute Gasteiger partial charge is 0.494 e. The van der Waals surface area contributed by atoms with Gasteiger partial charge in [0.15, 0.2) is 5.69 Å². The summed E-state index contributed by atoms with van der Waals surface area (Å²) in [5.74, 6) is 0.547. The zero-order valence-electron chi connectivity index (χ0n) is 17.2. The van der Waals surface area contributed by atoms with Gasteiger partial charge in [-0.3, -0.25) is 19.4 Å². The van der Waals surface area contributed by atoms with Crippen LogP contribution in [0.5, 0.6) is 5.75 Å². The minimum Gasteiger partial charge on any atom is -0.494 e. The first-order valence-electron chi connectivity index (χ1n) is 10.3. The summed E-state index contributed by atoms with van der Waals surface area (Å²) in [6.07, 6.45) is 4.26. The number of nitrogens with zero attached hydrogens (tertiary/aromatic N) is 4. The quantitative estimate of drug-likeness (QED) is 0.610. The molecule has 0 atom stereocenters. The lowest BCUT2D eigenvalue weighted by Gasteiger charge is -2.26. The zero-order valence-corrected chi connectivity index (χ0v) is 17.2. The van der Waals surface area contributed by atoms with E-state index in [1.165, 1.54) is 0 Å². The molecule has 0 saturated carbocycles. The molecule has 1 saturated heterocycles. The standard InChI is InChI=1S/C22H27N5O3/c1-29-19-4-2-3-18-20(22(28)24-10-7-17-5-8-23-9-6-17)25-27(21(18)19)12-11-26-13-15-30-16-14-26/h2-6,8-9H,7,10-16H2,1H3,(H,24,28). The van der Waals surface area contributed by atoms with Gasteiger partial charge < -0.3 is 14.8 Å². The van der Waals surface area contributed by atoms with E-state index in [1.807, 2.05) is 35.0 Å². The number of fused-ring (bicyclic) bond motifs is 1. The van der Waals surface area contributed by atoms with Crippen molar-refractivity contribution >= 4 is 16.8 Å². The molecular formula is C22H27N5O3. The van der Waals surface area contributed by atoms with Crippen LogP contribution in [0.2, 0.25) is 0 Å². The van der Waals surface area contributed by atoms with Crippen molar-refractivity contribution in [2.24, 2.45) is 0 Å². The Morgan fingerprint density at radius 3 is 2.73 bits per heavy atom. The van der Waals surface area contributed by atoms with Gasteiger partial charge in [-0.2, -0.15) is 5.10 Å². The number of methoxy groups -OCH3 is 1. The average Bonchev–Trinajstić information content (AvgIpc) is 3.18. The lowest BCUT2D eigenvalue weighted by atomic mass is 10.1. The number of carbonyl (C=O) groups excluding carboxylic acids is 1. The summed E-state index contributed by atoms with van der Waals surface area (Å²) >= 11 is 0. The highest BCUT2D eigenvalue weighted by atomic mass is 16.5. The van der Waals surface area contributed by atoms with Crippen molar-refractivity contribution in [1.29, 1.82) is 0 Å². The molecule has 158 valence electrons. The van der Waals surface area contributed by atoms with Gasteiger partial charge in [0.2, 0.25) is 0 Å². The topological polar surface area (TPSA) is 81.5 Å². The molecule has 2 aromatic heterocycles. The first-order chi connectivity index (χ1) is 14.8. The maximum atomic E-state index is 12.9. The van der Waals surface area contributed by atoms with Crippen molar-refractivity contribution < 1.29 is 14.3 Å². The molecule has 1 aromatic carbocycles. The van der Waals surface area contributed by atoms with Crippen LogP contribution in [0.4, 0.5) is 0 Å². The minimum atomic E-state index is -0.174. The SMILES string of the molecule is COc1cccc2c(C(=O)NCCc3ccncc3)nn(CCN3CCOCC3)c12. The van der Waals surface area contributed by atoms with Crippen molar-refractivity contribution in [3.05, 3.63) is 54.0 Å². The number of morpholine rings is 1. The van der Waals surface area contributed by atoms with Gasteiger partial charge in [-0.1, -0.05) is 12.1 Å². The lowest BCUT2D eigenvalue weighted by molar-refractivity contribution is 0.0361. The first-order valence-corrected chi connectivity index (χ1v) is 10.3. The van der Waals surface area contributed by atoms with Gasteiger partial charge >= 0.3 is 0 Å². The third kappa shape index (κ3) is 4.60. The highest BCUT2D eigenvalue weighted by molar-refractivity contribution is 6.06. The Hall–Kier alpha value is -2.97. The number of nitrogens with one attached hydrogen (secondary N) is 1. The van der Waals surface area contributed by atoms with Gasteiger partial charge in [-0.05, 0) is 30.2 Å². The van der Waals surface area contributed by atoms with Crippen molar-refractivity contribution in [3.63, 3.8) is 0 Å². The Kier molecular flexibility index (Phi) is 6.56. The second kappa shape index (κ2) is 9.69. The Balaban J connectivity index is 1.51. The van der Waals surface area contributed by atoms with E-state index in [4.69, 9.17) is 9.47 Å². The summed E-state index contributed by atoms with van der Waals surface area (Å²) in [6.45, 7) is 5.41. The molecule has 0 spiro atoms. The second-order valence-corrected chi connectivity index (χ2v) is 7.24. The van der Waals surface area contributed by atoms with Crippen LogP contribution >= 0.6 is 0 Å². The number of carbonyl (C=O) groups is 1. The van der Waals surface area contributed by atoms with E-state index in [1.54, 1.807) is 19.5 Å². The fourth-order valence-electron chi connectivity index (χ4n) is 3.71. The molecule has 3 heterocycles. The lowest BCUT2D eigenvalue weighted by Crippen LogP contribution is -2.38. The van der Waals surface area contributed by atoms with Crippen LogP contribution in [0.25, 0.3) is 10.9 Å². The highest BCUT2D eigenvalue weighted by Crippen LogP contribution is 2.28. The van der Waals surface area contributed by atoms with Crippen molar-refractivity contribution in [1.82, 2.24) is 25.0 Å². The highest BCUT2D eigenvalue weighted by Gasteiger charge is 2.20. The normalized spacial score (nSPS) is 14.7. The molecular weight excluding hydrogens is 382 g/mol. The van der Waals surface area contributed by atoms with E-state index >= 15 is 0 Å². The summed E-state index contributed by atoms with van der Waals surface area (Å²) in [5, 5.41) is 8.46. The van der Waals surface area contributed by atoms with Crippen LogP contribution in [-0.2, 0) is 17.7 Å². The molecule has 4 rings (SSSR count). The number of amides is 1. The molecule has 0 radical (unpaired) electrons. The molecule has 3 aromatic rings. The number of para-hydroxylation sites is 1. The van der Waals surface area contributed by atoms with Crippen LogP contribution in [0.15, 0.2) is 42.7 Å². The molecule has 1 fully saturated rings. The van der Waals surface area contributed by atoms with Gasteiger partial charge in [0.25, 0.3) is 5.91 Å². The molecule has 8 nitrogen and oxygen atoms in total. The van der Waals surface area contributed by atoms with E-state index in [0.717, 1.165) is 61.5 Å². The third-order valence-corrected chi connectivity index (χ3v) is 5.35. The summed E-state index contributed by atoms with van der Waals surface area (Å²) in [7, 11) is 1.64. The van der Waals surface area contributed by atoms with Crippen LogP contribution < -0.4 is 10.1 Å². The third-order valence-electron chi connectivity index (χ3n) is 5.35. The van der Waals surface area contributed by atoms with Crippen molar-refractivity contribution in [2.45, 2.75) is 13.0 Å². The van der Waals surface area contributed by atoms with Crippen LogP contribution in [-0.4, -0.2) is 72.1 Å². The van der Waals surface area contributed by atoms with Crippen molar-refractivity contribution in [3.8, 4) is 5.75 Å². The fourth-order valence-corrected chi connectivity index (χ4v) is 3.71. The molecule has 1 N–H and O–H groups in total. The summed E-state index contributed by atoms with van der Waals surface area (Å²) in [5.41, 5.74) is 2.42. The monoisotopic (exact) mass is 409 g/mol. The summed E-state index contributed by atoms with van der Waals surface area (Å²) in [4.78, 5) is 19.3. The Morgan fingerprint density at radius 1 is 1.17 bits per heavy atom. The molecule has 1 aliphatic rings. The summed E-state index contributed by atoms with van der Waals surface area (Å²) < 4.78 is 12.9. The predicted molar refractivity (Wildman–Crippen MR) is 114 cm³/mol. The van der Waals surface area contributed by atoms with E-state index in [-0.39, 0.29) is 5.91 Å². The molecule has 0 unspecified atom stereocenters. The smallest absolute Gasteiger partial charge is 0.272 e. The van der Waals surface area contributed by atoms with E-state index in [0.29, 0.717) is 18.8 Å². The number of aromatic nitrogens is 3. The van der Waals surface area contributed by atoms with Gasteiger partial charge in [-0.25, -0.2) is 0 Å². The molecule has 0 aliphatic carbocycles. The Bertz CT molecular complexity index is 983. The number of benzene rings is 1. The number of rotatable bonds is 8. The minimum absolute atomic E-state index is 0.174. The van der Waals surface area contributed by atoms with Gasteiger partial charge in [0.05, 0.1) is 26.9 Å². The number of hydrogen-bond donors (Lipinski definition) is 1.